The minimum Gasteiger partial charge on any atom is -0.315 e. The zero-order valence-electron chi connectivity index (χ0n) is 8.73. The van der Waals surface area contributed by atoms with Crippen LogP contribution >= 0.6 is 0 Å². The summed E-state index contributed by atoms with van der Waals surface area (Å²) in [6.07, 6.45) is 3.80. The van der Waals surface area contributed by atoms with Crippen LogP contribution in [0.15, 0.2) is 23.1 Å². The molecule has 0 saturated carbocycles. The van der Waals surface area contributed by atoms with E-state index in [0.717, 1.165) is 12.8 Å². The number of hydrogen-bond donors (Lipinski definition) is 1. The topological polar surface area (TPSA) is 46.9 Å². The van der Waals surface area contributed by atoms with E-state index in [4.69, 9.17) is 0 Å². The van der Waals surface area contributed by atoms with Crippen molar-refractivity contribution < 1.29 is 0 Å². The third-order valence-corrected chi connectivity index (χ3v) is 2.22. The van der Waals surface area contributed by atoms with Crippen LogP contribution in [0.5, 0.6) is 0 Å². The fourth-order valence-corrected chi connectivity index (χ4v) is 1.41. The van der Waals surface area contributed by atoms with Gasteiger partial charge in [0.25, 0.3) is 5.56 Å². The van der Waals surface area contributed by atoms with Crippen molar-refractivity contribution in [3.8, 4) is 0 Å². The average molecular weight is 195 g/mol. The van der Waals surface area contributed by atoms with Gasteiger partial charge in [0.05, 0.1) is 6.54 Å². The molecule has 0 fully saturated rings. The molecule has 0 bridgehead atoms. The third-order valence-electron chi connectivity index (χ3n) is 2.22. The lowest BCUT2D eigenvalue weighted by Crippen LogP contribution is -2.35. The second-order valence-electron chi connectivity index (χ2n) is 3.32. The van der Waals surface area contributed by atoms with Crippen LogP contribution in [0.4, 0.5) is 0 Å². The molecule has 1 aromatic heterocycles. The maximum Gasteiger partial charge on any atom is 0.266 e. The maximum absolute atomic E-state index is 11.3. The molecule has 1 rings (SSSR count). The molecule has 4 heteroatoms. The molecule has 0 amide bonds. The molecule has 1 atom stereocenters. The number of likely N-dealkylation sites (N-methyl/N-ethyl adjacent to an activating group) is 1. The lowest BCUT2D eigenvalue weighted by molar-refractivity contribution is 0.415. The smallest absolute Gasteiger partial charge is 0.266 e. The van der Waals surface area contributed by atoms with Gasteiger partial charge in [-0.25, -0.2) is 4.68 Å². The number of aromatic nitrogens is 2. The first-order chi connectivity index (χ1) is 6.77. The summed E-state index contributed by atoms with van der Waals surface area (Å²) in [7, 11) is 1.91. The van der Waals surface area contributed by atoms with E-state index < -0.39 is 0 Å². The zero-order chi connectivity index (χ0) is 10.4. The third kappa shape index (κ3) is 2.96. The largest absolute Gasteiger partial charge is 0.315 e. The molecule has 0 radical (unpaired) electrons. The Morgan fingerprint density at radius 2 is 2.43 bits per heavy atom. The minimum absolute atomic E-state index is 0.0381. The van der Waals surface area contributed by atoms with Crippen LogP contribution in [0.2, 0.25) is 0 Å². The van der Waals surface area contributed by atoms with Crippen LogP contribution in [0.3, 0.4) is 0 Å². The van der Waals surface area contributed by atoms with E-state index in [-0.39, 0.29) is 5.56 Å². The fraction of sp³-hybridized carbons (Fsp3) is 0.600. The lowest BCUT2D eigenvalue weighted by atomic mass is 10.2. The molecule has 1 aromatic rings. The van der Waals surface area contributed by atoms with E-state index in [2.05, 4.69) is 17.3 Å². The molecule has 0 aliphatic carbocycles. The van der Waals surface area contributed by atoms with Crippen molar-refractivity contribution in [3.63, 3.8) is 0 Å². The maximum atomic E-state index is 11.3. The van der Waals surface area contributed by atoms with Gasteiger partial charge in [-0.15, -0.1) is 0 Å². The number of rotatable bonds is 5. The Bertz CT molecular complexity index is 321. The number of nitrogens with one attached hydrogen (secondary N) is 1. The summed E-state index contributed by atoms with van der Waals surface area (Å²) in [6, 6.07) is 3.52. The van der Waals surface area contributed by atoms with Crippen LogP contribution in [-0.4, -0.2) is 22.9 Å². The van der Waals surface area contributed by atoms with Gasteiger partial charge in [-0.05, 0) is 19.5 Å². The van der Waals surface area contributed by atoms with Crippen molar-refractivity contribution in [2.75, 3.05) is 7.05 Å². The first kappa shape index (κ1) is 10.9. The second kappa shape index (κ2) is 5.54. The average Bonchev–Trinajstić information content (AvgIpc) is 2.20. The fourth-order valence-electron chi connectivity index (χ4n) is 1.41. The van der Waals surface area contributed by atoms with E-state index in [0.29, 0.717) is 12.6 Å². The number of nitrogens with zero attached hydrogens (tertiary/aromatic N) is 2. The SMILES string of the molecule is CCCC(Cn1ncccc1=O)NC. The van der Waals surface area contributed by atoms with Gasteiger partial charge in [-0.2, -0.15) is 5.10 Å². The van der Waals surface area contributed by atoms with Crippen LogP contribution < -0.4 is 10.9 Å². The van der Waals surface area contributed by atoms with Gasteiger partial charge < -0.3 is 5.32 Å². The van der Waals surface area contributed by atoms with E-state index in [1.807, 2.05) is 7.05 Å². The Hall–Kier alpha value is -1.16. The minimum atomic E-state index is -0.0381. The molecule has 1 N–H and O–H groups in total. The molecular weight excluding hydrogens is 178 g/mol. The molecular formula is C10H17N3O. The molecule has 0 saturated heterocycles. The molecule has 1 heterocycles. The normalized spacial score (nSPS) is 12.7. The second-order valence-corrected chi connectivity index (χ2v) is 3.32. The molecule has 0 aromatic carbocycles. The summed E-state index contributed by atoms with van der Waals surface area (Å²) in [4.78, 5) is 11.3. The molecule has 4 nitrogen and oxygen atoms in total. The highest BCUT2D eigenvalue weighted by Crippen LogP contribution is 1.97. The predicted octanol–water partition coefficient (Wildman–Crippen LogP) is 0.631. The van der Waals surface area contributed by atoms with Crippen molar-refractivity contribution >= 4 is 0 Å². The standard InChI is InChI=1S/C10H17N3O/c1-3-5-9(11-2)8-13-10(14)6-4-7-12-13/h4,6-7,9,11H,3,5,8H2,1-2H3. The first-order valence-corrected chi connectivity index (χ1v) is 4.97. The molecule has 14 heavy (non-hydrogen) atoms. The summed E-state index contributed by atoms with van der Waals surface area (Å²) in [5.41, 5.74) is -0.0381. The summed E-state index contributed by atoms with van der Waals surface area (Å²) in [5, 5.41) is 7.19. The van der Waals surface area contributed by atoms with Crippen molar-refractivity contribution in [1.82, 2.24) is 15.1 Å². The van der Waals surface area contributed by atoms with Gasteiger partial charge in [0.1, 0.15) is 0 Å². The molecule has 0 spiro atoms. The van der Waals surface area contributed by atoms with Gasteiger partial charge >= 0.3 is 0 Å². The zero-order valence-corrected chi connectivity index (χ0v) is 8.73. The highest BCUT2D eigenvalue weighted by molar-refractivity contribution is 4.85. The molecule has 78 valence electrons. The van der Waals surface area contributed by atoms with E-state index >= 15 is 0 Å². The Labute approximate surface area is 84.0 Å². The Balaban J connectivity index is 2.67. The van der Waals surface area contributed by atoms with Crippen LogP contribution in [0.25, 0.3) is 0 Å². The van der Waals surface area contributed by atoms with Gasteiger partial charge in [-0.1, -0.05) is 13.3 Å². The van der Waals surface area contributed by atoms with Crippen LogP contribution in [0.1, 0.15) is 19.8 Å². The van der Waals surface area contributed by atoms with Gasteiger partial charge in [0.15, 0.2) is 0 Å². The van der Waals surface area contributed by atoms with Gasteiger partial charge in [0, 0.05) is 18.3 Å². The Morgan fingerprint density at radius 1 is 1.64 bits per heavy atom. The Kier molecular flexibility index (Phi) is 4.32. The first-order valence-electron chi connectivity index (χ1n) is 4.97. The monoisotopic (exact) mass is 195 g/mol. The van der Waals surface area contributed by atoms with Crippen LogP contribution in [-0.2, 0) is 6.54 Å². The summed E-state index contributed by atoms with van der Waals surface area (Å²) >= 11 is 0. The van der Waals surface area contributed by atoms with Gasteiger partial charge in [0.2, 0.25) is 0 Å². The van der Waals surface area contributed by atoms with Crippen molar-refractivity contribution in [2.24, 2.45) is 0 Å². The summed E-state index contributed by atoms with van der Waals surface area (Å²) in [5.74, 6) is 0. The molecule has 1 unspecified atom stereocenters. The highest BCUT2D eigenvalue weighted by atomic mass is 16.1. The highest BCUT2D eigenvalue weighted by Gasteiger charge is 2.06. The number of hydrogen-bond acceptors (Lipinski definition) is 3. The van der Waals surface area contributed by atoms with E-state index in [1.165, 1.54) is 10.7 Å². The van der Waals surface area contributed by atoms with Crippen molar-refractivity contribution in [1.29, 1.82) is 0 Å². The van der Waals surface area contributed by atoms with Crippen LogP contribution in [0, 0.1) is 0 Å². The summed E-state index contributed by atoms with van der Waals surface area (Å²) < 4.78 is 1.50. The molecule has 0 aliphatic heterocycles. The quantitative estimate of drug-likeness (QED) is 0.749. The summed E-state index contributed by atoms with van der Waals surface area (Å²) in [6.45, 7) is 2.77. The van der Waals surface area contributed by atoms with Crippen molar-refractivity contribution in [3.05, 3.63) is 28.7 Å². The van der Waals surface area contributed by atoms with Gasteiger partial charge in [-0.3, -0.25) is 4.79 Å². The predicted molar refractivity (Wildman–Crippen MR) is 56.3 cm³/mol. The Morgan fingerprint density at radius 3 is 3.00 bits per heavy atom. The molecule has 0 aliphatic rings. The van der Waals surface area contributed by atoms with E-state index in [9.17, 15) is 4.79 Å². The van der Waals surface area contributed by atoms with E-state index in [1.54, 1.807) is 12.3 Å². The lowest BCUT2D eigenvalue weighted by Gasteiger charge is -2.15. The van der Waals surface area contributed by atoms with Crippen molar-refractivity contribution in [2.45, 2.75) is 32.4 Å².